The fourth-order valence-electron chi connectivity index (χ4n) is 2.01. The molecule has 0 saturated carbocycles. The molecule has 0 aliphatic rings. The van der Waals surface area contributed by atoms with Crippen LogP contribution in [0.3, 0.4) is 0 Å². The molecule has 3 rings (SSSR count). The molecule has 0 amide bonds. The summed E-state index contributed by atoms with van der Waals surface area (Å²) in [6.45, 7) is 0. The van der Waals surface area contributed by atoms with Crippen LogP contribution in [0, 0.1) is 0 Å². The van der Waals surface area contributed by atoms with Gasteiger partial charge in [0.2, 0.25) is 5.89 Å². The predicted octanol–water partition coefficient (Wildman–Crippen LogP) is 4.15. The monoisotopic (exact) mass is 296 g/mol. The molecular weight excluding hydrogens is 280 g/mol. The lowest BCUT2D eigenvalue weighted by Gasteiger charge is -1.97. The van der Waals surface area contributed by atoms with Crippen molar-refractivity contribution in [1.29, 1.82) is 0 Å². The number of rotatable bonds is 6. The zero-order valence-corrected chi connectivity index (χ0v) is 12.4. The molecule has 0 N–H and O–H groups in total. The first-order valence-electron chi connectivity index (χ1n) is 6.93. The van der Waals surface area contributed by atoms with Crippen molar-refractivity contribution in [2.75, 3.05) is 0 Å². The van der Waals surface area contributed by atoms with Crippen molar-refractivity contribution in [3.05, 3.63) is 77.7 Å². The molecule has 2 aromatic carbocycles. The fourth-order valence-corrected chi connectivity index (χ4v) is 2.75. The van der Waals surface area contributed by atoms with E-state index in [4.69, 9.17) is 4.42 Å². The van der Waals surface area contributed by atoms with Gasteiger partial charge in [-0.2, -0.15) is 0 Å². The molecule has 0 aliphatic heterocycles. The number of hydrogen-bond acceptors (Lipinski definition) is 4. The minimum absolute atomic E-state index is 0.641. The van der Waals surface area contributed by atoms with Crippen LogP contribution in [0.1, 0.15) is 17.0 Å². The summed E-state index contributed by atoms with van der Waals surface area (Å²) in [6, 6.07) is 20.6. The van der Waals surface area contributed by atoms with Gasteiger partial charge in [-0.15, -0.1) is 10.2 Å². The molecule has 0 unspecified atom stereocenters. The van der Waals surface area contributed by atoms with Crippen LogP contribution in [-0.2, 0) is 18.6 Å². The molecule has 0 aliphatic carbocycles. The zero-order chi connectivity index (χ0) is 14.3. The highest BCUT2D eigenvalue weighted by atomic mass is 32.2. The Morgan fingerprint density at radius 3 is 2.14 bits per heavy atom. The molecule has 0 bridgehead atoms. The van der Waals surface area contributed by atoms with E-state index in [0.29, 0.717) is 11.1 Å². The van der Waals surface area contributed by atoms with Crippen LogP contribution in [0.5, 0.6) is 0 Å². The summed E-state index contributed by atoms with van der Waals surface area (Å²) < 4.78 is 5.67. The largest absolute Gasteiger partial charge is 0.416 e. The minimum Gasteiger partial charge on any atom is -0.416 e. The summed E-state index contributed by atoms with van der Waals surface area (Å²) in [6.07, 6.45) is 1.70. The van der Waals surface area contributed by atoms with Gasteiger partial charge in [0.25, 0.3) is 5.22 Å². The number of benzene rings is 2. The van der Waals surface area contributed by atoms with Crippen LogP contribution >= 0.6 is 11.8 Å². The second-order valence-corrected chi connectivity index (χ2v) is 5.65. The van der Waals surface area contributed by atoms with Crippen molar-refractivity contribution in [3.63, 3.8) is 0 Å². The number of aromatic nitrogens is 2. The summed E-state index contributed by atoms with van der Waals surface area (Å²) in [7, 11) is 0. The number of hydrogen-bond donors (Lipinski definition) is 0. The molecule has 3 aromatic rings. The van der Waals surface area contributed by atoms with Gasteiger partial charge < -0.3 is 4.42 Å². The van der Waals surface area contributed by atoms with Crippen LogP contribution in [-0.4, -0.2) is 10.2 Å². The third kappa shape index (κ3) is 4.20. The Labute approximate surface area is 128 Å². The lowest BCUT2D eigenvalue weighted by molar-refractivity contribution is 0.412. The van der Waals surface area contributed by atoms with Crippen molar-refractivity contribution < 1.29 is 4.42 Å². The number of nitrogens with zero attached hydrogens (tertiary/aromatic N) is 2. The third-order valence-corrected chi connectivity index (χ3v) is 4.01. The Balaban J connectivity index is 1.52. The van der Waals surface area contributed by atoms with Crippen LogP contribution in [0.15, 0.2) is 70.3 Å². The van der Waals surface area contributed by atoms with Crippen molar-refractivity contribution in [2.24, 2.45) is 0 Å². The molecule has 0 saturated heterocycles. The maximum atomic E-state index is 5.67. The van der Waals surface area contributed by atoms with Crippen molar-refractivity contribution >= 4 is 11.8 Å². The standard InChI is InChI=1S/C17H16N2OS/c1-3-7-14(8-4-1)11-12-16-18-19-17(20-16)21-13-15-9-5-2-6-10-15/h1-10H,11-13H2. The number of thioether (sulfide) groups is 1. The number of aryl methyl sites for hydroxylation is 2. The summed E-state index contributed by atoms with van der Waals surface area (Å²) in [5, 5.41) is 8.84. The highest BCUT2D eigenvalue weighted by molar-refractivity contribution is 7.98. The summed E-state index contributed by atoms with van der Waals surface area (Å²) >= 11 is 1.58. The second kappa shape index (κ2) is 7.09. The van der Waals surface area contributed by atoms with Gasteiger partial charge in [0.15, 0.2) is 0 Å². The molecule has 0 spiro atoms. The van der Waals surface area contributed by atoms with Gasteiger partial charge in [-0.25, -0.2) is 0 Å². The van der Waals surface area contributed by atoms with Crippen molar-refractivity contribution in [3.8, 4) is 0 Å². The SMILES string of the molecule is c1ccc(CCc2nnc(SCc3ccccc3)o2)cc1. The van der Waals surface area contributed by atoms with Crippen LogP contribution < -0.4 is 0 Å². The van der Waals surface area contributed by atoms with E-state index in [9.17, 15) is 0 Å². The molecule has 0 fully saturated rings. The van der Waals surface area contributed by atoms with Gasteiger partial charge >= 0.3 is 0 Å². The quantitative estimate of drug-likeness (QED) is 0.641. The van der Waals surface area contributed by atoms with Crippen LogP contribution in [0.4, 0.5) is 0 Å². The smallest absolute Gasteiger partial charge is 0.276 e. The molecule has 0 radical (unpaired) electrons. The summed E-state index contributed by atoms with van der Waals surface area (Å²) in [4.78, 5) is 0. The molecule has 1 aromatic heterocycles. The first kappa shape index (κ1) is 13.9. The Kier molecular flexibility index (Phi) is 4.69. The van der Waals surface area contributed by atoms with E-state index in [-0.39, 0.29) is 0 Å². The van der Waals surface area contributed by atoms with Gasteiger partial charge in [-0.3, -0.25) is 0 Å². The third-order valence-electron chi connectivity index (χ3n) is 3.12. The molecule has 1 heterocycles. The van der Waals surface area contributed by atoms with Gasteiger partial charge in [-0.05, 0) is 17.5 Å². The Bertz CT molecular complexity index is 610. The van der Waals surface area contributed by atoms with Crippen molar-refractivity contribution in [1.82, 2.24) is 10.2 Å². The van der Waals surface area contributed by atoms with E-state index in [0.717, 1.165) is 18.6 Å². The highest BCUT2D eigenvalue weighted by Gasteiger charge is 2.07. The topological polar surface area (TPSA) is 38.9 Å². The maximum Gasteiger partial charge on any atom is 0.276 e. The van der Waals surface area contributed by atoms with E-state index in [1.807, 2.05) is 36.4 Å². The van der Waals surface area contributed by atoms with E-state index >= 15 is 0 Å². The normalized spacial score (nSPS) is 10.7. The first-order valence-corrected chi connectivity index (χ1v) is 7.92. The maximum absolute atomic E-state index is 5.67. The second-order valence-electron chi connectivity index (χ2n) is 4.72. The van der Waals surface area contributed by atoms with Crippen LogP contribution in [0.2, 0.25) is 0 Å². The van der Waals surface area contributed by atoms with Gasteiger partial charge in [0.1, 0.15) is 0 Å². The average molecular weight is 296 g/mol. The lowest BCUT2D eigenvalue weighted by Crippen LogP contribution is -1.90. The molecule has 4 heteroatoms. The average Bonchev–Trinajstić information content (AvgIpc) is 3.01. The van der Waals surface area contributed by atoms with E-state index in [2.05, 4.69) is 34.5 Å². The summed E-state index contributed by atoms with van der Waals surface area (Å²) in [5.41, 5.74) is 2.54. The Hall–Kier alpha value is -2.07. The lowest BCUT2D eigenvalue weighted by atomic mass is 10.1. The van der Waals surface area contributed by atoms with E-state index < -0.39 is 0 Å². The van der Waals surface area contributed by atoms with Gasteiger partial charge in [0, 0.05) is 12.2 Å². The summed E-state index contributed by atoms with van der Waals surface area (Å²) in [5.74, 6) is 1.55. The Morgan fingerprint density at radius 1 is 0.762 bits per heavy atom. The molecule has 0 atom stereocenters. The molecule has 3 nitrogen and oxygen atoms in total. The van der Waals surface area contributed by atoms with Gasteiger partial charge in [-0.1, -0.05) is 72.4 Å². The fraction of sp³-hybridized carbons (Fsp3) is 0.176. The van der Waals surface area contributed by atoms with E-state index in [1.54, 1.807) is 11.8 Å². The first-order chi connectivity index (χ1) is 10.4. The molecular formula is C17H16N2OS. The molecule has 21 heavy (non-hydrogen) atoms. The van der Waals surface area contributed by atoms with Gasteiger partial charge in [0.05, 0.1) is 0 Å². The Morgan fingerprint density at radius 2 is 1.43 bits per heavy atom. The van der Waals surface area contributed by atoms with Crippen LogP contribution in [0.25, 0.3) is 0 Å². The highest BCUT2D eigenvalue weighted by Crippen LogP contribution is 2.21. The molecule has 106 valence electrons. The zero-order valence-electron chi connectivity index (χ0n) is 11.6. The predicted molar refractivity (Wildman–Crippen MR) is 84.2 cm³/mol. The van der Waals surface area contributed by atoms with Crippen molar-refractivity contribution in [2.45, 2.75) is 23.8 Å². The minimum atomic E-state index is 0.641. The van der Waals surface area contributed by atoms with E-state index in [1.165, 1.54) is 11.1 Å².